The zero-order valence-electron chi connectivity index (χ0n) is 7.74. The maximum absolute atomic E-state index is 11.3. The van der Waals surface area contributed by atoms with Gasteiger partial charge in [0.15, 0.2) is 0 Å². The van der Waals surface area contributed by atoms with Crippen molar-refractivity contribution in [2.45, 2.75) is 38.6 Å². The van der Waals surface area contributed by atoms with Gasteiger partial charge in [-0.25, -0.2) is 0 Å². The molecule has 1 saturated carbocycles. The van der Waals surface area contributed by atoms with E-state index < -0.39 is 0 Å². The number of hydrogen-bond acceptors (Lipinski definition) is 2. The van der Waals surface area contributed by atoms with Crippen LogP contribution < -0.4 is 4.87 Å². The Morgan fingerprint density at radius 2 is 2.15 bits per heavy atom. The number of aromatic nitrogens is 1. The average molecular weight is 197 g/mol. The van der Waals surface area contributed by atoms with Crippen LogP contribution in [0.5, 0.6) is 0 Å². The number of thiazole rings is 1. The zero-order valence-corrected chi connectivity index (χ0v) is 8.55. The van der Waals surface area contributed by atoms with E-state index >= 15 is 0 Å². The minimum absolute atomic E-state index is 0.200. The van der Waals surface area contributed by atoms with Gasteiger partial charge < -0.3 is 4.57 Å². The molecule has 13 heavy (non-hydrogen) atoms. The quantitative estimate of drug-likeness (QED) is 0.714. The van der Waals surface area contributed by atoms with Crippen LogP contribution in [0.4, 0.5) is 0 Å². The standard InChI is InChI=1S/C10H15NOS/c12-10-11(6-7-13-10)8-9-4-2-1-3-5-9/h6-7,9H,1-5,8H2. The first-order valence-corrected chi connectivity index (χ1v) is 5.88. The normalized spacial score (nSPS) is 19.1. The number of rotatable bonds is 2. The van der Waals surface area contributed by atoms with E-state index in [2.05, 4.69) is 0 Å². The van der Waals surface area contributed by atoms with Crippen molar-refractivity contribution >= 4 is 11.3 Å². The van der Waals surface area contributed by atoms with Crippen LogP contribution in [-0.4, -0.2) is 4.57 Å². The van der Waals surface area contributed by atoms with Crippen molar-refractivity contribution in [1.82, 2.24) is 4.57 Å². The molecule has 0 aliphatic heterocycles. The van der Waals surface area contributed by atoms with Crippen molar-refractivity contribution in [3.05, 3.63) is 21.2 Å². The molecule has 0 saturated heterocycles. The fourth-order valence-electron chi connectivity index (χ4n) is 2.07. The van der Waals surface area contributed by atoms with Gasteiger partial charge in [0.05, 0.1) is 0 Å². The first-order chi connectivity index (χ1) is 6.36. The summed E-state index contributed by atoms with van der Waals surface area (Å²) in [7, 11) is 0. The molecule has 2 rings (SSSR count). The van der Waals surface area contributed by atoms with Gasteiger partial charge in [0.25, 0.3) is 0 Å². The monoisotopic (exact) mass is 197 g/mol. The second-order valence-corrected chi connectivity index (χ2v) is 4.68. The summed E-state index contributed by atoms with van der Waals surface area (Å²) in [6, 6.07) is 0. The second-order valence-electron chi connectivity index (χ2n) is 3.83. The summed E-state index contributed by atoms with van der Waals surface area (Å²) in [5, 5.41) is 1.88. The highest BCUT2D eigenvalue weighted by molar-refractivity contribution is 7.07. The van der Waals surface area contributed by atoms with E-state index in [-0.39, 0.29) is 4.87 Å². The maximum atomic E-state index is 11.3. The molecule has 0 atom stereocenters. The molecule has 0 N–H and O–H groups in total. The molecular weight excluding hydrogens is 182 g/mol. The molecule has 0 aromatic carbocycles. The second kappa shape index (κ2) is 4.09. The van der Waals surface area contributed by atoms with Crippen LogP contribution in [0.3, 0.4) is 0 Å². The molecule has 1 aromatic heterocycles. The average Bonchev–Trinajstić information content (AvgIpc) is 2.54. The first-order valence-electron chi connectivity index (χ1n) is 5.00. The molecule has 72 valence electrons. The van der Waals surface area contributed by atoms with E-state index in [1.807, 2.05) is 16.1 Å². The molecule has 2 nitrogen and oxygen atoms in total. The van der Waals surface area contributed by atoms with Crippen molar-refractivity contribution in [1.29, 1.82) is 0 Å². The predicted molar refractivity (Wildman–Crippen MR) is 55.2 cm³/mol. The van der Waals surface area contributed by atoms with E-state index in [1.54, 1.807) is 0 Å². The van der Waals surface area contributed by atoms with Crippen LogP contribution in [0, 0.1) is 5.92 Å². The summed E-state index contributed by atoms with van der Waals surface area (Å²) >= 11 is 1.30. The van der Waals surface area contributed by atoms with E-state index in [0.29, 0.717) is 0 Å². The molecule has 1 aromatic rings. The molecule has 0 radical (unpaired) electrons. The molecule has 3 heteroatoms. The fourth-order valence-corrected chi connectivity index (χ4v) is 2.67. The molecule has 0 amide bonds. The minimum atomic E-state index is 0.200. The van der Waals surface area contributed by atoms with Gasteiger partial charge in [0, 0.05) is 18.1 Å². The molecule has 0 spiro atoms. The lowest BCUT2D eigenvalue weighted by atomic mass is 9.89. The molecule has 1 fully saturated rings. The van der Waals surface area contributed by atoms with E-state index in [1.165, 1.54) is 43.4 Å². The number of nitrogens with zero attached hydrogens (tertiary/aromatic N) is 1. The lowest BCUT2D eigenvalue weighted by molar-refractivity contribution is 0.318. The highest BCUT2D eigenvalue weighted by atomic mass is 32.1. The van der Waals surface area contributed by atoms with Crippen LogP contribution in [0.2, 0.25) is 0 Å². The summed E-state index contributed by atoms with van der Waals surface area (Å²) in [6.45, 7) is 0.947. The topological polar surface area (TPSA) is 22.0 Å². The predicted octanol–water partition coefficient (Wildman–Crippen LogP) is 2.49. The van der Waals surface area contributed by atoms with Gasteiger partial charge in [-0.1, -0.05) is 30.6 Å². The smallest absolute Gasteiger partial charge is 0.306 e. The van der Waals surface area contributed by atoms with Gasteiger partial charge in [-0.15, -0.1) is 0 Å². The summed E-state index contributed by atoms with van der Waals surface area (Å²) in [4.78, 5) is 11.5. The Bertz CT molecular complexity index is 309. The Morgan fingerprint density at radius 1 is 1.38 bits per heavy atom. The zero-order chi connectivity index (χ0) is 9.10. The van der Waals surface area contributed by atoms with Crippen LogP contribution in [0.25, 0.3) is 0 Å². The van der Waals surface area contributed by atoms with Gasteiger partial charge >= 0.3 is 4.87 Å². The van der Waals surface area contributed by atoms with E-state index in [0.717, 1.165) is 12.5 Å². The van der Waals surface area contributed by atoms with Crippen LogP contribution in [-0.2, 0) is 6.54 Å². The highest BCUT2D eigenvalue weighted by Crippen LogP contribution is 2.24. The van der Waals surface area contributed by atoms with Gasteiger partial charge in [0.2, 0.25) is 0 Å². The van der Waals surface area contributed by atoms with Crippen molar-refractivity contribution in [2.75, 3.05) is 0 Å². The van der Waals surface area contributed by atoms with Crippen LogP contribution >= 0.6 is 11.3 Å². The molecular formula is C10H15NOS. The Balaban J connectivity index is 1.97. The Hall–Kier alpha value is -0.570. The summed E-state index contributed by atoms with van der Waals surface area (Å²) in [5.41, 5.74) is 0. The van der Waals surface area contributed by atoms with E-state index in [4.69, 9.17) is 0 Å². The van der Waals surface area contributed by atoms with Crippen molar-refractivity contribution in [2.24, 2.45) is 5.92 Å². The molecule has 0 unspecified atom stereocenters. The van der Waals surface area contributed by atoms with Crippen molar-refractivity contribution in [3.8, 4) is 0 Å². The van der Waals surface area contributed by atoms with Crippen molar-refractivity contribution < 1.29 is 0 Å². The third-order valence-electron chi connectivity index (χ3n) is 2.82. The molecule has 1 aliphatic rings. The summed E-state index contributed by atoms with van der Waals surface area (Å²) in [6.07, 6.45) is 8.62. The third kappa shape index (κ3) is 2.21. The van der Waals surface area contributed by atoms with Gasteiger partial charge in [-0.3, -0.25) is 4.79 Å². The summed E-state index contributed by atoms with van der Waals surface area (Å²) in [5.74, 6) is 0.751. The van der Waals surface area contributed by atoms with E-state index in [9.17, 15) is 4.79 Å². The fraction of sp³-hybridized carbons (Fsp3) is 0.700. The Kier molecular flexibility index (Phi) is 2.83. The minimum Gasteiger partial charge on any atom is -0.306 e. The third-order valence-corrected chi connectivity index (χ3v) is 3.52. The first kappa shape index (κ1) is 9.00. The lowest BCUT2D eigenvalue weighted by Crippen LogP contribution is -2.20. The summed E-state index contributed by atoms with van der Waals surface area (Å²) < 4.78 is 1.86. The molecule has 1 aliphatic carbocycles. The van der Waals surface area contributed by atoms with Crippen LogP contribution in [0.1, 0.15) is 32.1 Å². The lowest BCUT2D eigenvalue weighted by Gasteiger charge is -2.21. The van der Waals surface area contributed by atoms with Gasteiger partial charge in [-0.05, 0) is 18.8 Å². The van der Waals surface area contributed by atoms with Gasteiger partial charge in [0.1, 0.15) is 0 Å². The van der Waals surface area contributed by atoms with Crippen LogP contribution in [0.15, 0.2) is 16.4 Å². The highest BCUT2D eigenvalue weighted by Gasteiger charge is 2.14. The van der Waals surface area contributed by atoms with Gasteiger partial charge in [-0.2, -0.15) is 0 Å². The maximum Gasteiger partial charge on any atom is 0.307 e. The SMILES string of the molecule is O=c1sccn1CC1CCCCC1. The van der Waals surface area contributed by atoms with Crippen molar-refractivity contribution in [3.63, 3.8) is 0 Å². The molecule has 1 heterocycles. The largest absolute Gasteiger partial charge is 0.307 e. The number of hydrogen-bond donors (Lipinski definition) is 0. The Morgan fingerprint density at radius 3 is 2.77 bits per heavy atom. The Labute approximate surface area is 82.2 Å². The molecule has 0 bridgehead atoms.